The van der Waals surface area contributed by atoms with Crippen LogP contribution in [-0.2, 0) is 9.84 Å². The molecule has 5 heteroatoms. The third-order valence-corrected chi connectivity index (χ3v) is 6.65. The summed E-state index contributed by atoms with van der Waals surface area (Å²) in [6, 6.07) is 6.28. The van der Waals surface area contributed by atoms with Crippen LogP contribution in [0.25, 0.3) is 0 Å². The van der Waals surface area contributed by atoms with Gasteiger partial charge in [-0.15, -0.1) is 0 Å². The summed E-state index contributed by atoms with van der Waals surface area (Å²) in [6.07, 6.45) is 2.28. The van der Waals surface area contributed by atoms with Gasteiger partial charge in [0.05, 0.1) is 15.2 Å². The van der Waals surface area contributed by atoms with Crippen molar-refractivity contribution in [1.82, 2.24) is 0 Å². The minimum absolute atomic E-state index is 0.00879. The van der Waals surface area contributed by atoms with E-state index in [2.05, 4.69) is 13.8 Å². The first-order valence-corrected chi connectivity index (χ1v) is 8.40. The Morgan fingerprint density at radius 2 is 1.95 bits per heavy atom. The van der Waals surface area contributed by atoms with Crippen molar-refractivity contribution in [3.05, 3.63) is 29.3 Å². The molecule has 2 unspecified atom stereocenters. The Balaban J connectivity index is 2.42. The largest absolute Gasteiger partial charge is 0.327 e. The molecule has 0 saturated heterocycles. The first kappa shape index (κ1) is 14.8. The molecule has 3 nitrogen and oxygen atoms in total. The van der Waals surface area contributed by atoms with E-state index in [-0.39, 0.29) is 21.4 Å². The van der Waals surface area contributed by atoms with E-state index in [1.54, 1.807) is 24.3 Å². The van der Waals surface area contributed by atoms with Gasteiger partial charge >= 0.3 is 0 Å². The average molecular weight is 302 g/mol. The Morgan fingerprint density at radius 1 is 1.32 bits per heavy atom. The Labute approximate surface area is 120 Å². The highest BCUT2D eigenvalue weighted by atomic mass is 35.5. The molecule has 1 aliphatic rings. The van der Waals surface area contributed by atoms with Gasteiger partial charge in [-0.1, -0.05) is 37.6 Å². The summed E-state index contributed by atoms with van der Waals surface area (Å²) in [6.45, 7) is 4.18. The molecule has 0 bridgehead atoms. The van der Waals surface area contributed by atoms with Gasteiger partial charge in [0.15, 0.2) is 9.84 Å². The molecule has 2 rings (SSSR count). The Morgan fingerprint density at radius 3 is 2.58 bits per heavy atom. The molecular weight excluding hydrogens is 282 g/mol. The van der Waals surface area contributed by atoms with Crippen LogP contribution in [0.3, 0.4) is 0 Å². The molecule has 2 N–H and O–H groups in total. The maximum atomic E-state index is 12.7. The normalized spacial score (nSPS) is 27.2. The molecular formula is C14H20ClNO2S. The maximum Gasteiger partial charge on any atom is 0.184 e. The number of benzene rings is 1. The van der Waals surface area contributed by atoms with Crippen LogP contribution in [-0.4, -0.2) is 19.7 Å². The molecule has 0 amide bonds. The quantitative estimate of drug-likeness (QED) is 0.913. The molecule has 1 aromatic carbocycles. The van der Waals surface area contributed by atoms with E-state index in [1.807, 2.05) is 0 Å². The molecule has 0 spiro atoms. The van der Waals surface area contributed by atoms with E-state index in [4.69, 9.17) is 17.3 Å². The third kappa shape index (κ3) is 2.96. The fourth-order valence-electron chi connectivity index (χ4n) is 2.72. The van der Waals surface area contributed by atoms with E-state index < -0.39 is 15.1 Å². The molecule has 1 aliphatic carbocycles. The van der Waals surface area contributed by atoms with Crippen LogP contribution >= 0.6 is 11.6 Å². The first-order chi connectivity index (χ1) is 8.74. The topological polar surface area (TPSA) is 60.2 Å². The van der Waals surface area contributed by atoms with Crippen molar-refractivity contribution in [1.29, 1.82) is 0 Å². The average Bonchev–Trinajstić information content (AvgIpc) is 2.32. The summed E-state index contributed by atoms with van der Waals surface area (Å²) in [5.74, 6) is 0. The van der Waals surface area contributed by atoms with E-state index in [9.17, 15) is 8.42 Å². The van der Waals surface area contributed by atoms with E-state index in [0.29, 0.717) is 6.42 Å². The number of halogens is 1. The van der Waals surface area contributed by atoms with Crippen LogP contribution in [0, 0.1) is 5.41 Å². The summed E-state index contributed by atoms with van der Waals surface area (Å²) >= 11 is 6.03. The van der Waals surface area contributed by atoms with E-state index in [0.717, 1.165) is 12.8 Å². The number of hydrogen-bond acceptors (Lipinski definition) is 3. The zero-order valence-electron chi connectivity index (χ0n) is 11.3. The van der Waals surface area contributed by atoms with Gasteiger partial charge < -0.3 is 5.73 Å². The first-order valence-electron chi connectivity index (χ1n) is 6.48. The van der Waals surface area contributed by atoms with E-state index in [1.165, 1.54) is 0 Å². The molecule has 0 aliphatic heterocycles. The Bertz CT molecular complexity index is 569. The zero-order chi connectivity index (χ0) is 14.3. The Hall–Kier alpha value is -0.580. The fourth-order valence-corrected chi connectivity index (χ4v) is 5.38. The van der Waals surface area contributed by atoms with Gasteiger partial charge in [-0.25, -0.2) is 8.42 Å². The maximum absolute atomic E-state index is 12.7. The fraction of sp³-hybridized carbons (Fsp3) is 0.571. The molecule has 1 fully saturated rings. The predicted molar refractivity (Wildman–Crippen MR) is 78.0 cm³/mol. The second-order valence-electron chi connectivity index (χ2n) is 6.08. The van der Waals surface area contributed by atoms with Crippen LogP contribution in [0.1, 0.15) is 33.1 Å². The van der Waals surface area contributed by atoms with Crippen LogP contribution in [0.15, 0.2) is 29.2 Å². The van der Waals surface area contributed by atoms with Gasteiger partial charge in [0.1, 0.15) is 0 Å². The number of hydrogen-bond donors (Lipinski definition) is 1. The standard InChI is InChI=1S/C14H20ClNO2S/c1-14(2)8-7-11(16)13(9-14)19(17,18)12-6-4-3-5-10(12)15/h3-6,11,13H,7-9,16H2,1-2H3. The molecule has 1 saturated carbocycles. The summed E-state index contributed by atoms with van der Waals surface area (Å²) in [7, 11) is -3.47. The minimum Gasteiger partial charge on any atom is -0.327 e. The van der Waals surface area contributed by atoms with Crippen molar-refractivity contribution < 1.29 is 8.42 Å². The van der Waals surface area contributed by atoms with Crippen molar-refractivity contribution in [3.63, 3.8) is 0 Å². The molecule has 0 aromatic heterocycles. The van der Waals surface area contributed by atoms with Crippen LogP contribution in [0.4, 0.5) is 0 Å². The lowest BCUT2D eigenvalue weighted by atomic mass is 9.75. The van der Waals surface area contributed by atoms with Gasteiger partial charge in [-0.2, -0.15) is 0 Å². The van der Waals surface area contributed by atoms with Gasteiger partial charge in [0.2, 0.25) is 0 Å². The zero-order valence-corrected chi connectivity index (χ0v) is 12.8. The SMILES string of the molecule is CC1(C)CCC(N)C(S(=O)(=O)c2ccccc2Cl)C1. The minimum atomic E-state index is -3.47. The summed E-state index contributed by atoms with van der Waals surface area (Å²) in [5, 5.41) is -0.269. The van der Waals surface area contributed by atoms with Crippen LogP contribution in [0.5, 0.6) is 0 Å². The lowest BCUT2D eigenvalue weighted by Crippen LogP contribution is -2.47. The summed E-state index contributed by atoms with van der Waals surface area (Å²) in [4.78, 5) is 0.204. The van der Waals surface area contributed by atoms with Gasteiger partial charge in [-0.05, 0) is 36.8 Å². The van der Waals surface area contributed by atoms with Crippen molar-refractivity contribution in [2.45, 2.75) is 49.3 Å². The summed E-state index contributed by atoms with van der Waals surface area (Å²) < 4.78 is 25.5. The lowest BCUT2D eigenvalue weighted by Gasteiger charge is -2.38. The smallest absolute Gasteiger partial charge is 0.184 e. The molecule has 0 radical (unpaired) electrons. The number of nitrogens with two attached hydrogens (primary N) is 1. The molecule has 106 valence electrons. The number of rotatable bonds is 2. The van der Waals surface area contributed by atoms with Gasteiger partial charge in [0.25, 0.3) is 0 Å². The molecule has 19 heavy (non-hydrogen) atoms. The number of sulfone groups is 1. The highest BCUT2D eigenvalue weighted by Gasteiger charge is 2.41. The van der Waals surface area contributed by atoms with Gasteiger partial charge in [-0.3, -0.25) is 0 Å². The van der Waals surface area contributed by atoms with Crippen molar-refractivity contribution in [2.24, 2.45) is 11.1 Å². The summed E-state index contributed by atoms with van der Waals surface area (Å²) in [5.41, 5.74) is 6.06. The monoisotopic (exact) mass is 301 g/mol. The molecule has 1 aromatic rings. The van der Waals surface area contributed by atoms with E-state index >= 15 is 0 Å². The van der Waals surface area contributed by atoms with Crippen LogP contribution in [0.2, 0.25) is 5.02 Å². The van der Waals surface area contributed by atoms with Crippen LogP contribution < -0.4 is 5.73 Å². The van der Waals surface area contributed by atoms with Crippen molar-refractivity contribution in [3.8, 4) is 0 Å². The van der Waals surface area contributed by atoms with Crippen molar-refractivity contribution in [2.75, 3.05) is 0 Å². The molecule has 2 atom stereocenters. The molecule has 0 heterocycles. The highest BCUT2D eigenvalue weighted by molar-refractivity contribution is 7.92. The second-order valence-corrected chi connectivity index (χ2v) is 8.63. The third-order valence-electron chi connectivity index (χ3n) is 3.93. The van der Waals surface area contributed by atoms with Gasteiger partial charge in [0, 0.05) is 6.04 Å². The second kappa shape index (κ2) is 5.08. The predicted octanol–water partition coefficient (Wildman–Crippen LogP) is 3.02. The highest BCUT2D eigenvalue weighted by Crippen LogP contribution is 2.40. The Kier molecular flexibility index (Phi) is 3.96. The van der Waals surface area contributed by atoms with Crippen molar-refractivity contribution >= 4 is 21.4 Å². The lowest BCUT2D eigenvalue weighted by molar-refractivity contribution is 0.227.